The van der Waals surface area contributed by atoms with Gasteiger partial charge in [0.25, 0.3) is 0 Å². The molecule has 0 aliphatic rings. The van der Waals surface area contributed by atoms with Gasteiger partial charge in [-0.05, 0) is 37.3 Å². The number of carbonyl (C=O) groups is 1. The summed E-state index contributed by atoms with van der Waals surface area (Å²) in [5.74, 6) is 5.76. The summed E-state index contributed by atoms with van der Waals surface area (Å²) in [6.07, 6.45) is -4.33. The van der Waals surface area contributed by atoms with Crippen LogP contribution in [0, 0.1) is 11.8 Å². The normalized spacial score (nSPS) is 10.8. The van der Waals surface area contributed by atoms with Crippen LogP contribution in [0.2, 0.25) is 0 Å². The van der Waals surface area contributed by atoms with Gasteiger partial charge < -0.3 is 10.1 Å². The topological polar surface area (TPSA) is 51.2 Å². The molecule has 8 heteroatoms. The Morgan fingerprint density at radius 2 is 2.00 bits per heavy atom. The predicted molar refractivity (Wildman–Crippen MR) is 114 cm³/mol. The highest BCUT2D eigenvalue weighted by Gasteiger charge is 2.30. The summed E-state index contributed by atoms with van der Waals surface area (Å²) in [6, 6.07) is 12.3. The van der Waals surface area contributed by atoms with Crippen molar-refractivity contribution in [1.29, 1.82) is 0 Å². The molecule has 1 N–H and O–H groups in total. The second kappa shape index (κ2) is 10.1. The molecule has 0 radical (unpaired) electrons. The van der Waals surface area contributed by atoms with E-state index in [0.29, 0.717) is 12.3 Å². The van der Waals surface area contributed by atoms with Crippen LogP contribution in [0.4, 0.5) is 13.2 Å². The molecule has 0 fully saturated rings. The number of nitrogens with zero attached hydrogens (tertiary/aromatic N) is 1. The lowest BCUT2D eigenvalue weighted by molar-refractivity contribution is -0.137. The number of carbonyl (C=O) groups excluding carboxylic acids is 1. The Balaban J connectivity index is 1.56. The molecule has 2 aromatic carbocycles. The number of halogens is 3. The molecule has 0 aliphatic carbocycles. The van der Waals surface area contributed by atoms with Gasteiger partial charge in [0, 0.05) is 10.9 Å². The predicted octanol–water partition coefficient (Wildman–Crippen LogP) is 4.94. The van der Waals surface area contributed by atoms with E-state index in [1.54, 1.807) is 0 Å². The molecule has 0 bridgehead atoms. The van der Waals surface area contributed by atoms with Crippen molar-refractivity contribution in [2.45, 2.75) is 19.5 Å². The van der Waals surface area contributed by atoms with Gasteiger partial charge in [0.15, 0.2) is 0 Å². The number of para-hydroxylation sites is 1. The molecule has 0 aliphatic heterocycles. The first-order valence-corrected chi connectivity index (χ1v) is 10.3. The Kier molecular flexibility index (Phi) is 7.32. The van der Waals surface area contributed by atoms with E-state index >= 15 is 0 Å². The number of hydrogen-bond acceptors (Lipinski definition) is 4. The number of rotatable bonds is 6. The quantitative estimate of drug-likeness (QED) is 0.548. The van der Waals surface area contributed by atoms with Crippen molar-refractivity contribution in [2.24, 2.45) is 0 Å². The molecule has 0 saturated carbocycles. The molecule has 160 valence electrons. The van der Waals surface area contributed by atoms with Crippen LogP contribution in [-0.4, -0.2) is 24.0 Å². The zero-order chi connectivity index (χ0) is 22.3. The average molecular weight is 444 g/mol. The fourth-order valence-corrected chi connectivity index (χ4v) is 3.58. The Morgan fingerprint density at radius 1 is 1.19 bits per heavy atom. The summed E-state index contributed by atoms with van der Waals surface area (Å²) in [4.78, 5) is 16.6. The Hall–Kier alpha value is -3.31. The lowest BCUT2D eigenvalue weighted by Crippen LogP contribution is -2.25. The van der Waals surface area contributed by atoms with Crippen LogP contribution in [0.1, 0.15) is 23.7 Å². The molecule has 1 amide bonds. The fourth-order valence-electron chi connectivity index (χ4n) is 2.73. The molecule has 3 aromatic rings. The standard InChI is InChI=1S/C23H19F3N2O2S/c1-2-30-20-11-4-3-10-19(20)22-28-18(15-31-22)14-21(29)27-12-6-8-16-7-5-9-17(13-16)23(24,25)26/h3-5,7,9-11,13,15H,2,12,14H2,1H3,(H,27,29). The Morgan fingerprint density at radius 3 is 2.77 bits per heavy atom. The largest absolute Gasteiger partial charge is 0.493 e. The highest BCUT2D eigenvalue weighted by Crippen LogP contribution is 2.32. The van der Waals surface area contributed by atoms with Crippen LogP contribution in [0.3, 0.4) is 0 Å². The molecule has 1 heterocycles. The second-order valence-corrected chi connectivity index (χ2v) is 7.27. The van der Waals surface area contributed by atoms with E-state index in [4.69, 9.17) is 4.74 Å². The van der Waals surface area contributed by atoms with Gasteiger partial charge in [-0.2, -0.15) is 13.2 Å². The third-order valence-electron chi connectivity index (χ3n) is 4.11. The first-order valence-electron chi connectivity index (χ1n) is 9.46. The number of hydrogen-bond donors (Lipinski definition) is 1. The van der Waals surface area contributed by atoms with E-state index in [0.717, 1.165) is 28.5 Å². The minimum absolute atomic E-state index is 0.0270. The smallest absolute Gasteiger partial charge is 0.416 e. The zero-order valence-electron chi connectivity index (χ0n) is 16.6. The monoisotopic (exact) mass is 444 g/mol. The molecule has 3 rings (SSSR count). The lowest BCUT2D eigenvalue weighted by Gasteiger charge is -2.07. The molecule has 1 aromatic heterocycles. The highest BCUT2D eigenvalue weighted by atomic mass is 32.1. The van der Waals surface area contributed by atoms with E-state index in [1.807, 2.05) is 36.6 Å². The molecule has 0 atom stereocenters. The fraction of sp³-hybridized carbons (Fsp3) is 0.217. The molecule has 4 nitrogen and oxygen atoms in total. The van der Waals surface area contributed by atoms with Gasteiger partial charge in [0.1, 0.15) is 10.8 Å². The van der Waals surface area contributed by atoms with Gasteiger partial charge in [-0.3, -0.25) is 4.79 Å². The van der Waals surface area contributed by atoms with Crippen LogP contribution >= 0.6 is 11.3 Å². The minimum atomic E-state index is -4.42. The Bertz CT molecular complexity index is 1110. The summed E-state index contributed by atoms with van der Waals surface area (Å²) in [5.41, 5.74) is 0.970. The van der Waals surface area contributed by atoms with Gasteiger partial charge >= 0.3 is 6.18 Å². The number of amides is 1. The lowest BCUT2D eigenvalue weighted by atomic mass is 10.1. The van der Waals surface area contributed by atoms with Crippen molar-refractivity contribution in [3.8, 4) is 28.2 Å². The first-order chi connectivity index (χ1) is 14.9. The number of thiazole rings is 1. The molecular formula is C23H19F3N2O2S. The number of nitrogens with one attached hydrogen (secondary N) is 1. The van der Waals surface area contributed by atoms with Crippen LogP contribution < -0.4 is 10.1 Å². The van der Waals surface area contributed by atoms with Crippen molar-refractivity contribution in [3.63, 3.8) is 0 Å². The van der Waals surface area contributed by atoms with Crippen LogP contribution in [0.15, 0.2) is 53.9 Å². The van der Waals surface area contributed by atoms with Crippen LogP contribution in [0.25, 0.3) is 10.6 Å². The van der Waals surface area contributed by atoms with Crippen molar-refractivity contribution < 1.29 is 22.7 Å². The van der Waals surface area contributed by atoms with Crippen molar-refractivity contribution in [2.75, 3.05) is 13.2 Å². The van der Waals surface area contributed by atoms with E-state index in [1.165, 1.54) is 23.5 Å². The number of ether oxygens (including phenoxy) is 1. The summed E-state index contributed by atoms with van der Waals surface area (Å²) in [5, 5.41) is 5.20. The summed E-state index contributed by atoms with van der Waals surface area (Å²) in [6.45, 7) is 2.47. The Labute approximate surface area is 182 Å². The van der Waals surface area contributed by atoms with Gasteiger partial charge in [-0.25, -0.2) is 4.98 Å². The van der Waals surface area contributed by atoms with Crippen LogP contribution in [0.5, 0.6) is 5.75 Å². The summed E-state index contributed by atoms with van der Waals surface area (Å²) in [7, 11) is 0. The molecule has 0 saturated heterocycles. The summed E-state index contributed by atoms with van der Waals surface area (Å²) < 4.78 is 43.8. The maximum atomic E-state index is 12.7. The maximum Gasteiger partial charge on any atom is 0.416 e. The molecule has 0 unspecified atom stereocenters. The van der Waals surface area contributed by atoms with Crippen LogP contribution in [-0.2, 0) is 17.4 Å². The highest BCUT2D eigenvalue weighted by molar-refractivity contribution is 7.13. The minimum Gasteiger partial charge on any atom is -0.493 e. The second-order valence-electron chi connectivity index (χ2n) is 6.41. The van der Waals surface area contributed by atoms with Gasteiger partial charge in [-0.1, -0.05) is 30.0 Å². The first kappa shape index (κ1) is 22.4. The van der Waals surface area contributed by atoms with E-state index in [2.05, 4.69) is 22.1 Å². The maximum absolute atomic E-state index is 12.7. The van der Waals surface area contributed by atoms with E-state index < -0.39 is 11.7 Å². The third-order valence-corrected chi connectivity index (χ3v) is 5.03. The third kappa shape index (κ3) is 6.33. The van der Waals surface area contributed by atoms with E-state index in [9.17, 15) is 18.0 Å². The molecule has 31 heavy (non-hydrogen) atoms. The number of aromatic nitrogens is 1. The number of benzene rings is 2. The van der Waals surface area contributed by atoms with E-state index in [-0.39, 0.29) is 24.4 Å². The van der Waals surface area contributed by atoms with Gasteiger partial charge in [0.05, 0.1) is 36.4 Å². The van der Waals surface area contributed by atoms with Crippen molar-refractivity contribution >= 4 is 17.2 Å². The average Bonchev–Trinajstić information content (AvgIpc) is 3.20. The molecular weight excluding hydrogens is 425 g/mol. The van der Waals surface area contributed by atoms with Gasteiger partial charge in [0.2, 0.25) is 5.91 Å². The van der Waals surface area contributed by atoms with Crippen molar-refractivity contribution in [1.82, 2.24) is 10.3 Å². The van der Waals surface area contributed by atoms with Crippen molar-refractivity contribution in [3.05, 3.63) is 70.7 Å². The zero-order valence-corrected chi connectivity index (χ0v) is 17.4. The SMILES string of the molecule is CCOc1ccccc1-c1nc(CC(=O)NCC#Cc2cccc(C(F)(F)F)c2)cs1. The molecule has 0 spiro atoms. The van der Waals surface area contributed by atoms with Gasteiger partial charge in [-0.15, -0.1) is 11.3 Å². The number of alkyl halides is 3. The summed E-state index contributed by atoms with van der Waals surface area (Å²) >= 11 is 1.42.